The largest absolute Gasteiger partial charge is 0.460 e. The van der Waals surface area contributed by atoms with Gasteiger partial charge in [0.05, 0.1) is 11.8 Å². The quantitative estimate of drug-likeness (QED) is 0.506. The number of esters is 1. The number of carbonyl (C=O) groups is 4. The minimum absolute atomic E-state index is 0.0351. The number of amides is 3. The van der Waals surface area contributed by atoms with Gasteiger partial charge in [-0.3, -0.25) is 24.5 Å². The van der Waals surface area contributed by atoms with E-state index in [1.807, 2.05) is 25.7 Å². The van der Waals surface area contributed by atoms with E-state index in [9.17, 15) is 19.2 Å². The Hall–Kier alpha value is -3.04. The van der Waals surface area contributed by atoms with E-state index in [0.29, 0.717) is 63.4 Å². The van der Waals surface area contributed by atoms with Crippen LogP contribution in [0, 0.1) is 11.8 Å². The number of hydrogen-bond donors (Lipinski definition) is 1. The molecule has 0 aromatic carbocycles. The predicted molar refractivity (Wildman–Crippen MR) is 127 cm³/mol. The zero-order chi connectivity index (χ0) is 25.2. The Morgan fingerprint density at radius 2 is 1.54 bits per heavy atom. The van der Waals surface area contributed by atoms with Gasteiger partial charge in [0, 0.05) is 56.5 Å². The Labute approximate surface area is 205 Å². The topological polar surface area (TPSA) is 122 Å². The maximum absolute atomic E-state index is 13.1. The molecule has 10 nitrogen and oxygen atoms in total. The number of anilines is 1. The van der Waals surface area contributed by atoms with Crippen LogP contribution in [-0.4, -0.2) is 70.3 Å². The second-order valence-corrected chi connectivity index (χ2v) is 10.7. The highest BCUT2D eigenvalue weighted by Gasteiger charge is 2.35. The zero-order valence-corrected chi connectivity index (χ0v) is 20.8. The molecule has 3 amide bonds. The van der Waals surface area contributed by atoms with Crippen molar-refractivity contribution in [1.82, 2.24) is 20.2 Å². The third-order valence-corrected chi connectivity index (χ3v) is 6.97. The second kappa shape index (κ2) is 10.3. The molecule has 35 heavy (non-hydrogen) atoms. The Balaban J connectivity index is 1.24. The van der Waals surface area contributed by atoms with E-state index < -0.39 is 11.5 Å². The van der Waals surface area contributed by atoms with Gasteiger partial charge in [0.25, 0.3) is 0 Å². The molecule has 4 rings (SSSR count). The smallest absolute Gasteiger partial charge is 0.309 e. The van der Waals surface area contributed by atoms with E-state index in [4.69, 9.17) is 4.74 Å². The van der Waals surface area contributed by atoms with E-state index in [-0.39, 0.29) is 35.5 Å². The highest BCUT2D eigenvalue weighted by atomic mass is 16.6. The van der Waals surface area contributed by atoms with E-state index in [1.165, 1.54) is 0 Å². The summed E-state index contributed by atoms with van der Waals surface area (Å²) in [5.74, 6) is -0.522. The Bertz CT molecular complexity index is 957. The van der Waals surface area contributed by atoms with E-state index >= 15 is 0 Å². The first-order valence-corrected chi connectivity index (χ1v) is 12.5. The second-order valence-electron chi connectivity index (χ2n) is 10.7. The van der Waals surface area contributed by atoms with Crippen molar-refractivity contribution in [1.29, 1.82) is 0 Å². The van der Waals surface area contributed by atoms with Crippen molar-refractivity contribution in [2.24, 2.45) is 11.8 Å². The monoisotopic (exact) mass is 485 g/mol. The van der Waals surface area contributed by atoms with Gasteiger partial charge in [-0.05, 0) is 52.9 Å². The van der Waals surface area contributed by atoms with Crippen molar-refractivity contribution in [3.8, 4) is 0 Å². The van der Waals surface area contributed by atoms with Crippen LogP contribution in [0.25, 0.3) is 0 Å². The lowest BCUT2D eigenvalue weighted by atomic mass is 9.92. The van der Waals surface area contributed by atoms with Crippen LogP contribution in [0.15, 0.2) is 12.4 Å². The summed E-state index contributed by atoms with van der Waals surface area (Å²) < 4.78 is 5.50. The minimum Gasteiger partial charge on any atom is -0.460 e. The molecule has 1 aromatic heterocycles. The standard InChI is InChI=1S/C25H35N5O5/c1-25(2,3)35-23(34)17-8-10-29(11-9-17)22(33)16-6-12-30(13-7-16)24-26-14-18(15-27-24)19-4-5-20(31)28-21(19)32/h14-17,19H,4-13H2,1-3H3,(H,28,31,32). The average Bonchev–Trinajstić information content (AvgIpc) is 2.83. The van der Waals surface area contributed by atoms with E-state index in [1.54, 1.807) is 12.4 Å². The molecular weight excluding hydrogens is 450 g/mol. The Morgan fingerprint density at radius 3 is 2.11 bits per heavy atom. The van der Waals surface area contributed by atoms with Gasteiger partial charge in [0.15, 0.2) is 0 Å². The number of nitrogens with zero attached hydrogens (tertiary/aromatic N) is 4. The third kappa shape index (κ3) is 6.15. The first-order chi connectivity index (χ1) is 16.6. The van der Waals surface area contributed by atoms with Crippen molar-refractivity contribution in [3.63, 3.8) is 0 Å². The van der Waals surface area contributed by atoms with Crippen molar-refractivity contribution in [3.05, 3.63) is 18.0 Å². The first-order valence-electron chi connectivity index (χ1n) is 12.5. The summed E-state index contributed by atoms with van der Waals surface area (Å²) in [5, 5.41) is 2.36. The van der Waals surface area contributed by atoms with Crippen LogP contribution in [-0.2, 0) is 23.9 Å². The highest BCUT2D eigenvalue weighted by Crippen LogP contribution is 2.28. The molecular formula is C25H35N5O5. The molecule has 0 radical (unpaired) electrons. The van der Waals surface area contributed by atoms with Gasteiger partial charge < -0.3 is 14.5 Å². The van der Waals surface area contributed by atoms with Crippen LogP contribution >= 0.6 is 0 Å². The third-order valence-electron chi connectivity index (χ3n) is 6.97. The minimum atomic E-state index is -0.493. The van der Waals surface area contributed by atoms with Gasteiger partial charge in [-0.25, -0.2) is 9.97 Å². The first kappa shape index (κ1) is 25.1. The molecule has 190 valence electrons. The Kier molecular flexibility index (Phi) is 7.37. The molecule has 1 N–H and O–H groups in total. The zero-order valence-electron chi connectivity index (χ0n) is 20.8. The maximum atomic E-state index is 13.1. The molecule has 3 aliphatic heterocycles. The normalized spacial score (nSPS) is 22.7. The number of nitrogens with one attached hydrogen (secondary N) is 1. The number of piperidine rings is 3. The van der Waals surface area contributed by atoms with Gasteiger partial charge >= 0.3 is 5.97 Å². The molecule has 1 unspecified atom stereocenters. The summed E-state index contributed by atoms with van der Waals surface area (Å²) >= 11 is 0. The summed E-state index contributed by atoms with van der Waals surface area (Å²) in [4.78, 5) is 61.7. The SMILES string of the molecule is CC(C)(C)OC(=O)C1CCN(C(=O)C2CCN(c3ncc(C4CCC(=O)NC4=O)cn3)CC2)CC1. The summed E-state index contributed by atoms with van der Waals surface area (Å²) in [6.07, 6.45) is 6.85. The van der Waals surface area contributed by atoms with Crippen molar-refractivity contribution < 1.29 is 23.9 Å². The van der Waals surface area contributed by atoms with Gasteiger partial charge in [-0.2, -0.15) is 0 Å². The fourth-order valence-electron chi connectivity index (χ4n) is 4.99. The van der Waals surface area contributed by atoms with Crippen molar-refractivity contribution in [2.45, 2.75) is 70.8 Å². The van der Waals surface area contributed by atoms with Gasteiger partial charge in [-0.15, -0.1) is 0 Å². The fourth-order valence-corrected chi connectivity index (χ4v) is 4.99. The molecule has 3 fully saturated rings. The van der Waals surface area contributed by atoms with Gasteiger partial charge in [0.2, 0.25) is 23.7 Å². The van der Waals surface area contributed by atoms with Crippen LogP contribution in [0.5, 0.6) is 0 Å². The highest BCUT2D eigenvalue weighted by molar-refractivity contribution is 6.00. The lowest BCUT2D eigenvalue weighted by Crippen LogP contribution is -2.47. The lowest BCUT2D eigenvalue weighted by molar-refractivity contribution is -0.162. The molecule has 0 aliphatic carbocycles. The van der Waals surface area contributed by atoms with Crippen LogP contribution < -0.4 is 10.2 Å². The molecule has 0 bridgehead atoms. The molecule has 10 heteroatoms. The average molecular weight is 486 g/mol. The van der Waals surface area contributed by atoms with Crippen LogP contribution in [0.4, 0.5) is 5.95 Å². The van der Waals surface area contributed by atoms with Crippen LogP contribution in [0.1, 0.15) is 70.8 Å². The number of rotatable bonds is 4. The number of ether oxygens (including phenoxy) is 1. The summed E-state index contributed by atoms with van der Waals surface area (Å²) in [6, 6.07) is 0. The number of likely N-dealkylation sites (tertiary alicyclic amines) is 1. The number of aromatic nitrogens is 2. The number of hydrogen-bond acceptors (Lipinski definition) is 8. The molecule has 3 saturated heterocycles. The maximum Gasteiger partial charge on any atom is 0.309 e. The van der Waals surface area contributed by atoms with Crippen molar-refractivity contribution in [2.75, 3.05) is 31.1 Å². The molecule has 4 heterocycles. The molecule has 3 aliphatic rings. The molecule has 0 saturated carbocycles. The van der Waals surface area contributed by atoms with E-state index in [0.717, 1.165) is 12.8 Å². The van der Waals surface area contributed by atoms with Gasteiger partial charge in [-0.1, -0.05) is 0 Å². The van der Waals surface area contributed by atoms with Crippen LogP contribution in [0.3, 0.4) is 0 Å². The lowest BCUT2D eigenvalue weighted by Gasteiger charge is -2.37. The summed E-state index contributed by atoms with van der Waals surface area (Å²) in [6.45, 7) is 8.15. The summed E-state index contributed by atoms with van der Waals surface area (Å²) in [5.41, 5.74) is 0.214. The fraction of sp³-hybridized carbons (Fsp3) is 0.680. The molecule has 1 aromatic rings. The van der Waals surface area contributed by atoms with E-state index in [2.05, 4.69) is 20.2 Å². The summed E-state index contributed by atoms with van der Waals surface area (Å²) in [7, 11) is 0. The Morgan fingerprint density at radius 1 is 0.943 bits per heavy atom. The molecule has 1 atom stereocenters. The predicted octanol–water partition coefficient (Wildman–Crippen LogP) is 1.79. The number of carbonyl (C=O) groups excluding carboxylic acids is 4. The number of imide groups is 1. The van der Waals surface area contributed by atoms with Crippen LogP contribution in [0.2, 0.25) is 0 Å². The van der Waals surface area contributed by atoms with Crippen molar-refractivity contribution >= 4 is 29.6 Å². The molecule has 0 spiro atoms. The van der Waals surface area contributed by atoms with Gasteiger partial charge in [0.1, 0.15) is 5.60 Å².